The molecule has 0 aromatic heterocycles. The van der Waals surface area contributed by atoms with E-state index < -0.39 is 11.7 Å². The van der Waals surface area contributed by atoms with Gasteiger partial charge >= 0.3 is 6.18 Å². The van der Waals surface area contributed by atoms with Crippen molar-refractivity contribution in [3.63, 3.8) is 0 Å². The van der Waals surface area contributed by atoms with Gasteiger partial charge in [-0.2, -0.15) is 13.2 Å². The summed E-state index contributed by atoms with van der Waals surface area (Å²) in [5.41, 5.74) is 2.20. The Labute approximate surface area is 132 Å². The Morgan fingerprint density at radius 1 is 1.00 bits per heavy atom. The normalized spacial score (nSPS) is 11.2. The van der Waals surface area contributed by atoms with Crippen molar-refractivity contribution in [2.24, 2.45) is 0 Å². The highest BCUT2D eigenvalue weighted by Crippen LogP contribution is 2.30. The van der Waals surface area contributed by atoms with Crippen LogP contribution in [0.3, 0.4) is 0 Å². The number of hydrogen-bond donors (Lipinski definition) is 2. The van der Waals surface area contributed by atoms with Crippen molar-refractivity contribution in [1.29, 1.82) is 0 Å². The third kappa shape index (κ3) is 5.02. The third-order valence-corrected chi connectivity index (χ3v) is 3.15. The van der Waals surface area contributed by atoms with Crippen LogP contribution in [0, 0.1) is 13.8 Å². The number of hydrogen-bond acceptors (Lipinski definition) is 2. The van der Waals surface area contributed by atoms with Gasteiger partial charge in [0.25, 0.3) is 0 Å². The van der Waals surface area contributed by atoms with E-state index in [0.29, 0.717) is 5.69 Å². The predicted molar refractivity (Wildman–Crippen MR) is 84.5 cm³/mol. The molecule has 0 bridgehead atoms. The summed E-state index contributed by atoms with van der Waals surface area (Å²) in [5, 5.41) is 5.41. The van der Waals surface area contributed by atoms with Crippen LogP contribution in [0.25, 0.3) is 0 Å². The Kier molecular flexibility index (Phi) is 4.93. The highest BCUT2D eigenvalue weighted by atomic mass is 19.4. The zero-order chi connectivity index (χ0) is 17.0. The van der Waals surface area contributed by atoms with E-state index in [4.69, 9.17) is 0 Å². The average molecular weight is 322 g/mol. The second kappa shape index (κ2) is 6.73. The lowest BCUT2D eigenvalue weighted by molar-refractivity contribution is -0.137. The van der Waals surface area contributed by atoms with Gasteiger partial charge < -0.3 is 10.6 Å². The first-order chi connectivity index (χ1) is 10.7. The van der Waals surface area contributed by atoms with Crippen LogP contribution in [0.4, 0.5) is 24.5 Å². The number of carbonyl (C=O) groups excluding carboxylic acids is 1. The summed E-state index contributed by atoms with van der Waals surface area (Å²) in [6, 6.07) is 10.4. The molecule has 122 valence electrons. The van der Waals surface area contributed by atoms with Crippen LogP contribution < -0.4 is 10.6 Å². The fraction of sp³-hybridized carbons (Fsp3) is 0.235. The summed E-state index contributed by atoms with van der Waals surface area (Å²) in [5.74, 6) is -0.326. The molecule has 2 aromatic rings. The van der Waals surface area contributed by atoms with Crippen molar-refractivity contribution in [2.45, 2.75) is 20.0 Å². The molecule has 0 atom stereocenters. The number of aryl methyl sites for hydroxylation is 2. The van der Waals surface area contributed by atoms with Crippen molar-refractivity contribution in [3.05, 3.63) is 59.2 Å². The molecular formula is C17H17F3N2O. The molecule has 23 heavy (non-hydrogen) atoms. The summed E-state index contributed by atoms with van der Waals surface area (Å²) >= 11 is 0. The number of carbonyl (C=O) groups is 1. The van der Waals surface area contributed by atoms with Crippen molar-refractivity contribution in [3.8, 4) is 0 Å². The van der Waals surface area contributed by atoms with Gasteiger partial charge in [-0.15, -0.1) is 0 Å². The largest absolute Gasteiger partial charge is 0.416 e. The third-order valence-electron chi connectivity index (χ3n) is 3.15. The maximum absolute atomic E-state index is 12.6. The Balaban J connectivity index is 1.97. The van der Waals surface area contributed by atoms with Crippen LogP contribution in [-0.2, 0) is 11.0 Å². The molecule has 0 saturated carbocycles. The highest BCUT2D eigenvalue weighted by molar-refractivity contribution is 5.93. The Bertz CT molecular complexity index is 691. The molecule has 0 aliphatic carbocycles. The fourth-order valence-electron chi connectivity index (χ4n) is 2.24. The maximum Gasteiger partial charge on any atom is 0.416 e. The molecule has 2 rings (SSSR count). The fourth-order valence-corrected chi connectivity index (χ4v) is 2.24. The summed E-state index contributed by atoms with van der Waals surface area (Å²) in [6.07, 6.45) is -4.40. The molecule has 0 radical (unpaired) electrons. The number of rotatable bonds is 4. The average Bonchev–Trinajstić information content (AvgIpc) is 2.43. The van der Waals surface area contributed by atoms with Crippen molar-refractivity contribution < 1.29 is 18.0 Å². The van der Waals surface area contributed by atoms with E-state index in [1.165, 1.54) is 12.1 Å². The second-order valence-electron chi connectivity index (χ2n) is 5.36. The molecule has 6 heteroatoms. The molecule has 2 N–H and O–H groups in total. The number of nitrogens with one attached hydrogen (secondary N) is 2. The van der Waals surface area contributed by atoms with E-state index in [-0.39, 0.29) is 18.1 Å². The minimum atomic E-state index is -4.40. The first-order valence-corrected chi connectivity index (χ1v) is 7.03. The first kappa shape index (κ1) is 16.9. The Morgan fingerprint density at radius 2 is 1.65 bits per heavy atom. The second-order valence-corrected chi connectivity index (χ2v) is 5.36. The maximum atomic E-state index is 12.6. The van der Waals surface area contributed by atoms with Gasteiger partial charge in [0.2, 0.25) is 5.91 Å². The van der Waals surface area contributed by atoms with Gasteiger partial charge in [-0.1, -0.05) is 12.1 Å². The van der Waals surface area contributed by atoms with Gasteiger partial charge in [-0.3, -0.25) is 4.79 Å². The SMILES string of the molecule is Cc1cc(C)cc(NC(=O)CNc2cccc(C(F)(F)F)c2)c1. The van der Waals surface area contributed by atoms with Gasteiger partial charge in [-0.25, -0.2) is 0 Å². The number of anilines is 2. The molecule has 0 spiro atoms. The molecular weight excluding hydrogens is 305 g/mol. The van der Waals surface area contributed by atoms with Crippen LogP contribution in [0.2, 0.25) is 0 Å². The standard InChI is InChI=1S/C17H17F3N2O/c1-11-6-12(2)8-15(7-11)22-16(23)10-21-14-5-3-4-13(9-14)17(18,19)20/h3-9,21H,10H2,1-2H3,(H,22,23). The van der Waals surface area contributed by atoms with E-state index in [2.05, 4.69) is 10.6 Å². The number of alkyl halides is 3. The molecule has 0 fully saturated rings. The molecule has 0 aliphatic rings. The molecule has 0 aliphatic heterocycles. The van der Waals surface area contributed by atoms with E-state index >= 15 is 0 Å². The Hall–Kier alpha value is -2.50. The van der Waals surface area contributed by atoms with Crippen LogP contribution in [0.5, 0.6) is 0 Å². The van der Waals surface area contributed by atoms with Crippen LogP contribution in [-0.4, -0.2) is 12.5 Å². The van der Waals surface area contributed by atoms with Crippen LogP contribution in [0.15, 0.2) is 42.5 Å². The van der Waals surface area contributed by atoms with Crippen LogP contribution >= 0.6 is 0 Å². The molecule has 0 saturated heterocycles. The van der Waals surface area contributed by atoms with Gasteiger partial charge in [0.05, 0.1) is 12.1 Å². The lowest BCUT2D eigenvalue weighted by Gasteiger charge is -2.11. The molecule has 1 amide bonds. The molecule has 3 nitrogen and oxygen atoms in total. The summed E-state index contributed by atoms with van der Waals surface area (Å²) in [7, 11) is 0. The minimum Gasteiger partial charge on any atom is -0.376 e. The lowest BCUT2D eigenvalue weighted by Crippen LogP contribution is -2.22. The van der Waals surface area contributed by atoms with Crippen molar-refractivity contribution in [2.75, 3.05) is 17.2 Å². The zero-order valence-corrected chi connectivity index (χ0v) is 12.8. The first-order valence-electron chi connectivity index (χ1n) is 7.03. The Morgan fingerprint density at radius 3 is 2.26 bits per heavy atom. The van der Waals surface area contributed by atoms with Gasteiger partial charge in [0.15, 0.2) is 0 Å². The van der Waals surface area contributed by atoms with Gasteiger partial charge in [0, 0.05) is 11.4 Å². The molecule has 0 unspecified atom stereocenters. The minimum absolute atomic E-state index is 0.117. The zero-order valence-electron chi connectivity index (χ0n) is 12.8. The summed E-state index contributed by atoms with van der Waals surface area (Å²) < 4.78 is 37.9. The van der Waals surface area contributed by atoms with E-state index in [1.54, 1.807) is 0 Å². The van der Waals surface area contributed by atoms with E-state index in [9.17, 15) is 18.0 Å². The number of halogens is 3. The highest BCUT2D eigenvalue weighted by Gasteiger charge is 2.30. The van der Waals surface area contributed by atoms with Crippen molar-refractivity contribution >= 4 is 17.3 Å². The summed E-state index contributed by atoms with van der Waals surface area (Å²) in [4.78, 5) is 11.9. The topological polar surface area (TPSA) is 41.1 Å². The number of amides is 1. The van der Waals surface area contributed by atoms with Crippen molar-refractivity contribution in [1.82, 2.24) is 0 Å². The van der Waals surface area contributed by atoms with Gasteiger partial charge in [0.1, 0.15) is 0 Å². The molecule has 0 heterocycles. The van der Waals surface area contributed by atoms with Gasteiger partial charge in [-0.05, 0) is 55.3 Å². The van der Waals surface area contributed by atoms with E-state index in [1.807, 2.05) is 32.0 Å². The monoisotopic (exact) mass is 322 g/mol. The summed E-state index contributed by atoms with van der Waals surface area (Å²) in [6.45, 7) is 3.72. The smallest absolute Gasteiger partial charge is 0.376 e. The lowest BCUT2D eigenvalue weighted by atomic mass is 10.1. The quantitative estimate of drug-likeness (QED) is 0.877. The van der Waals surface area contributed by atoms with E-state index in [0.717, 1.165) is 23.3 Å². The molecule has 2 aromatic carbocycles. The van der Waals surface area contributed by atoms with Crippen LogP contribution in [0.1, 0.15) is 16.7 Å². The number of benzene rings is 2. The predicted octanol–water partition coefficient (Wildman–Crippen LogP) is 4.37.